The van der Waals surface area contributed by atoms with Crippen molar-refractivity contribution in [3.05, 3.63) is 52.5 Å². The van der Waals surface area contributed by atoms with Gasteiger partial charge >= 0.3 is 6.18 Å². The van der Waals surface area contributed by atoms with Crippen molar-refractivity contribution in [2.24, 2.45) is 5.10 Å². The molecule has 1 aliphatic rings. The van der Waals surface area contributed by atoms with Gasteiger partial charge in [0.2, 0.25) is 6.79 Å². The summed E-state index contributed by atoms with van der Waals surface area (Å²) in [5, 5.41) is 4.30. The Labute approximate surface area is 153 Å². The summed E-state index contributed by atoms with van der Waals surface area (Å²) in [7, 11) is 0. The first-order chi connectivity index (χ1) is 12.3. The second kappa shape index (κ2) is 7.45. The number of ether oxygens (including phenoxy) is 2. The third-order valence-electron chi connectivity index (χ3n) is 3.87. The highest BCUT2D eigenvalue weighted by Gasteiger charge is 2.30. The van der Waals surface area contributed by atoms with Gasteiger partial charge in [0.05, 0.1) is 16.3 Å². The van der Waals surface area contributed by atoms with Crippen LogP contribution in [0.2, 0.25) is 5.02 Å². The number of hydrazone groups is 1. The molecular formula is C18H16ClF3N2O2. The van der Waals surface area contributed by atoms with E-state index in [9.17, 15) is 13.2 Å². The minimum atomic E-state index is -4.43. The first kappa shape index (κ1) is 18.4. The highest BCUT2D eigenvalue weighted by molar-refractivity contribution is 6.33. The lowest BCUT2D eigenvalue weighted by atomic mass is 10.1. The molecule has 0 saturated carbocycles. The van der Waals surface area contributed by atoms with E-state index < -0.39 is 11.7 Å². The predicted molar refractivity (Wildman–Crippen MR) is 94.1 cm³/mol. The minimum Gasteiger partial charge on any atom is -0.454 e. The highest BCUT2D eigenvalue weighted by Crippen LogP contribution is 2.34. The first-order valence-electron chi connectivity index (χ1n) is 7.87. The summed E-state index contributed by atoms with van der Waals surface area (Å²) in [6.45, 7) is 2.02. The van der Waals surface area contributed by atoms with Crippen LogP contribution >= 0.6 is 11.6 Å². The molecule has 0 unspecified atom stereocenters. The Morgan fingerprint density at radius 2 is 1.92 bits per heavy atom. The van der Waals surface area contributed by atoms with Crippen LogP contribution in [-0.4, -0.2) is 12.5 Å². The Morgan fingerprint density at radius 1 is 1.15 bits per heavy atom. The van der Waals surface area contributed by atoms with E-state index in [1.165, 1.54) is 6.07 Å². The zero-order chi connectivity index (χ0) is 18.7. The predicted octanol–water partition coefficient (Wildman–Crippen LogP) is 5.51. The van der Waals surface area contributed by atoms with Gasteiger partial charge in [-0.3, -0.25) is 5.43 Å². The third-order valence-corrected chi connectivity index (χ3v) is 4.20. The summed E-state index contributed by atoms with van der Waals surface area (Å²) in [5.74, 6) is 1.44. The Morgan fingerprint density at radius 3 is 2.69 bits per heavy atom. The van der Waals surface area contributed by atoms with E-state index in [2.05, 4.69) is 10.5 Å². The van der Waals surface area contributed by atoms with Crippen molar-refractivity contribution in [2.45, 2.75) is 25.9 Å². The molecule has 4 nitrogen and oxygen atoms in total. The average Bonchev–Trinajstić information content (AvgIpc) is 3.06. The van der Waals surface area contributed by atoms with Crippen LogP contribution in [0.3, 0.4) is 0 Å². The average molecular weight is 385 g/mol. The number of hydrogen-bond acceptors (Lipinski definition) is 4. The van der Waals surface area contributed by atoms with Crippen molar-refractivity contribution in [3.63, 3.8) is 0 Å². The zero-order valence-corrected chi connectivity index (χ0v) is 14.6. The maximum atomic E-state index is 12.8. The lowest BCUT2D eigenvalue weighted by molar-refractivity contribution is -0.137. The minimum absolute atomic E-state index is 0.115. The summed E-state index contributed by atoms with van der Waals surface area (Å²) >= 11 is 5.93. The topological polar surface area (TPSA) is 42.9 Å². The van der Waals surface area contributed by atoms with Crippen molar-refractivity contribution in [1.82, 2.24) is 0 Å². The molecule has 1 N–H and O–H groups in total. The van der Waals surface area contributed by atoms with Crippen molar-refractivity contribution in [1.29, 1.82) is 0 Å². The number of nitrogens with zero attached hydrogens (tertiary/aromatic N) is 1. The molecule has 0 aromatic heterocycles. The Bertz CT molecular complexity index is 838. The molecule has 0 amide bonds. The van der Waals surface area contributed by atoms with Gasteiger partial charge in [0.15, 0.2) is 11.5 Å². The molecule has 0 aliphatic carbocycles. The van der Waals surface area contributed by atoms with E-state index in [1.807, 2.05) is 18.2 Å². The van der Waals surface area contributed by atoms with Crippen LogP contribution in [-0.2, 0) is 12.6 Å². The van der Waals surface area contributed by atoms with Crippen molar-refractivity contribution in [3.8, 4) is 11.5 Å². The fourth-order valence-electron chi connectivity index (χ4n) is 2.42. The van der Waals surface area contributed by atoms with Crippen LogP contribution < -0.4 is 14.9 Å². The smallest absolute Gasteiger partial charge is 0.416 e. The van der Waals surface area contributed by atoms with Gasteiger partial charge in [-0.25, -0.2) is 0 Å². The van der Waals surface area contributed by atoms with Crippen molar-refractivity contribution < 1.29 is 22.6 Å². The van der Waals surface area contributed by atoms with Crippen molar-refractivity contribution in [2.75, 3.05) is 12.2 Å². The van der Waals surface area contributed by atoms with Gasteiger partial charge in [-0.05, 0) is 55.7 Å². The van der Waals surface area contributed by atoms with Gasteiger partial charge in [0, 0.05) is 5.71 Å². The lowest BCUT2D eigenvalue weighted by Gasteiger charge is -2.10. The van der Waals surface area contributed by atoms with Crippen LogP contribution in [0.4, 0.5) is 18.9 Å². The number of aryl methyl sites for hydroxylation is 1. The molecule has 1 aliphatic heterocycles. The molecule has 0 fully saturated rings. The van der Waals surface area contributed by atoms with Crippen LogP contribution in [0.5, 0.6) is 11.5 Å². The molecule has 8 heteroatoms. The van der Waals surface area contributed by atoms with E-state index in [4.69, 9.17) is 21.1 Å². The summed E-state index contributed by atoms with van der Waals surface area (Å²) < 4.78 is 48.9. The molecule has 0 spiro atoms. The molecule has 138 valence electrons. The number of anilines is 1. The highest BCUT2D eigenvalue weighted by atomic mass is 35.5. The number of rotatable bonds is 5. The quantitative estimate of drug-likeness (QED) is 0.546. The molecule has 0 radical (unpaired) electrons. The summed E-state index contributed by atoms with van der Waals surface area (Å²) in [6.07, 6.45) is -3.09. The number of benzene rings is 2. The molecule has 0 saturated heterocycles. The fraction of sp³-hybridized carbons (Fsp3) is 0.278. The van der Waals surface area contributed by atoms with E-state index in [0.29, 0.717) is 18.6 Å². The molecule has 2 aromatic rings. The van der Waals surface area contributed by atoms with Crippen LogP contribution in [0.15, 0.2) is 41.5 Å². The number of fused-ring (bicyclic) bond motifs is 1. The molecule has 0 atom stereocenters. The van der Waals surface area contributed by atoms with Crippen molar-refractivity contribution >= 4 is 23.0 Å². The number of alkyl halides is 3. The SMILES string of the molecule is C/C(CCc1ccc2c(c1)OCO2)=N/Nc1cc(C(F)(F)F)ccc1Cl. The molecular weight excluding hydrogens is 369 g/mol. The van der Waals surface area contributed by atoms with Gasteiger partial charge < -0.3 is 9.47 Å². The van der Waals surface area contributed by atoms with Gasteiger partial charge in [-0.1, -0.05) is 17.7 Å². The molecule has 3 rings (SSSR count). The second-order valence-corrected chi connectivity index (χ2v) is 6.25. The lowest BCUT2D eigenvalue weighted by Crippen LogP contribution is -2.06. The summed E-state index contributed by atoms with van der Waals surface area (Å²) in [5.41, 5.74) is 3.74. The molecule has 26 heavy (non-hydrogen) atoms. The van der Waals surface area contributed by atoms with Gasteiger partial charge in [-0.2, -0.15) is 18.3 Å². The Kier molecular flexibility index (Phi) is 5.27. The second-order valence-electron chi connectivity index (χ2n) is 5.84. The van der Waals surface area contributed by atoms with E-state index in [-0.39, 0.29) is 17.5 Å². The number of halogens is 4. The number of hydrogen-bond donors (Lipinski definition) is 1. The maximum Gasteiger partial charge on any atom is 0.416 e. The van der Waals surface area contributed by atoms with Crippen LogP contribution in [0.25, 0.3) is 0 Å². The zero-order valence-electron chi connectivity index (χ0n) is 13.9. The fourth-order valence-corrected chi connectivity index (χ4v) is 2.58. The van der Waals surface area contributed by atoms with Crippen LogP contribution in [0, 0.1) is 0 Å². The number of nitrogens with one attached hydrogen (secondary N) is 1. The standard InChI is InChI=1S/C18H16ClF3N2O2/c1-11(2-3-12-4-7-16-17(8-12)26-10-25-16)23-24-15-9-13(18(20,21)22)5-6-14(15)19/h4-9,24H,2-3,10H2,1H3/b23-11-. The van der Waals surface area contributed by atoms with Gasteiger partial charge in [0.1, 0.15) is 0 Å². The molecule has 0 bridgehead atoms. The largest absolute Gasteiger partial charge is 0.454 e. The molecule has 1 heterocycles. The van der Waals surface area contributed by atoms with Gasteiger partial charge in [-0.15, -0.1) is 0 Å². The van der Waals surface area contributed by atoms with Gasteiger partial charge in [0.25, 0.3) is 0 Å². The maximum absolute atomic E-state index is 12.8. The van der Waals surface area contributed by atoms with E-state index in [1.54, 1.807) is 6.92 Å². The monoisotopic (exact) mass is 384 g/mol. The van der Waals surface area contributed by atoms with E-state index in [0.717, 1.165) is 29.2 Å². The van der Waals surface area contributed by atoms with E-state index >= 15 is 0 Å². The third kappa shape index (κ3) is 4.40. The Hall–Kier alpha value is -2.41. The molecule has 2 aromatic carbocycles. The Balaban J connectivity index is 1.62. The summed E-state index contributed by atoms with van der Waals surface area (Å²) in [4.78, 5) is 0. The summed E-state index contributed by atoms with van der Waals surface area (Å²) in [6, 6.07) is 8.78. The normalized spacial score (nSPS) is 13.8. The van der Waals surface area contributed by atoms with Crippen LogP contribution in [0.1, 0.15) is 24.5 Å². The first-order valence-corrected chi connectivity index (χ1v) is 8.25.